The van der Waals surface area contributed by atoms with Gasteiger partial charge in [-0.25, -0.2) is 0 Å². The molecule has 1 unspecified atom stereocenters. The highest BCUT2D eigenvalue weighted by Gasteiger charge is 2.15. The molecule has 0 saturated heterocycles. The zero-order chi connectivity index (χ0) is 22.4. The number of carbonyl (C=O) groups excluding carboxylic acids is 1. The number of nitrogens with zero attached hydrogens (tertiary/aromatic N) is 2. The van der Waals surface area contributed by atoms with Crippen molar-refractivity contribution < 1.29 is 9.53 Å². The van der Waals surface area contributed by atoms with E-state index >= 15 is 0 Å². The lowest BCUT2D eigenvalue weighted by molar-refractivity contribution is 0.0939. The van der Waals surface area contributed by atoms with Crippen LogP contribution in [0.4, 0.5) is 11.4 Å². The zero-order valence-corrected chi connectivity index (χ0v) is 18.4. The first-order valence-electron chi connectivity index (χ1n) is 10.1. The highest BCUT2D eigenvalue weighted by molar-refractivity contribution is 6.30. The highest BCUT2D eigenvalue weighted by atomic mass is 35.5. The number of carbonyl (C=O) groups is 1. The van der Waals surface area contributed by atoms with E-state index in [1.807, 2.05) is 20.8 Å². The molecule has 0 saturated carbocycles. The van der Waals surface area contributed by atoms with Gasteiger partial charge >= 0.3 is 0 Å². The van der Waals surface area contributed by atoms with Crippen molar-refractivity contribution in [2.45, 2.75) is 33.2 Å². The second-order valence-electron chi connectivity index (χ2n) is 7.00. The summed E-state index contributed by atoms with van der Waals surface area (Å²) >= 11 is 5.95. The third kappa shape index (κ3) is 5.44. The van der Waals surface area contributed by atoms with Gasteiger partial charge in [-0.15, -0.1) is 0 Å². The van der Waals surface area contributed by atoms with Crippen molar-refractivity contribution in [2.75, 3.05) is 11.9 Å². The van der Waals surface area contributed by atoms with Crippen LogP contribution < -0.4 is 20.9 Å². The Morgan fingerprint density at radius 1 is 1.19 bits per heavy atom. The number of hydrogen-bond donors (Lipinski definition) is 2. The molecule has 2 N–H and O–H groups in total. The van der Waals surface area contributed by atoms with Crippen LogP contribution >= 0.6 is 11.6 Å². The van der Waals surface area contributed by atoms with Gasteiger partial charge in [0.05, 0.1) is 18.5 Å². The molecule has 3 aromatic rings. The fraction of sp³-hybridized carbons (Fsp3) is 0.261. The van der Waals surface area contributed by atoms with Gasteiger partial charge in [-0.2, -0.15) is 9.78 Å². The summed E-state index contributed by atoms with van der Waals surface area (Å²) < 4.78 is 6.87. The van der Waals surface area contributed by atoms with E-state index in [1.54, 1.807) is 48.5 Å². The number of ether oxygens (including phenoxy) is 1. The Labute approximate surface area is 186 Å². The smallest absolute Gasteiger partial charge is 0.299 e. The first kappa shape index (κ1) is 22.4. The Kier molecular flexibility index (Phi) is 7.31. The Bertz CT molecular complexity index is 1110. The van der Waals surface area contributed by atoms with Crippen LogP contribution in [0.1, 0.15) is 37.6 Å². The molecule has 1 aromatic heterocycles. The van der Waals surface area contributed by atoms with Crippen molar-refractivity contribution in [3.05, 3.63) is 75.7 Å². The standard InChI is InChI=1S/C23H25ClN4O3/c1-4-15(3)26-22(29)16-7-6-8-18(13-16)27-21-20(31-5-2)14-25-28(23(21)30)19-11-9-17(24)10-12-19/h6-15,27H,4-5H2,1-3H3,(H,26,29). The summed E-state index contributed by atoms with van der Waals surface area (Å²) in [5.41, 5.74) is 1.50. The van der Waals surface area contributed by atoms with Gasteiger partial charge in [-0.3, -0.25) is 9.59 Å². The Hall–Kier alpha value is -3.32. The van der Waals surface area contributed by atoms with Crippen LogP contribution in [0, 0.1) is 0 Å². The van der Waals surface area contributed by atoms with E-state index in [1.165, 1.54) is 10.9 Å². The molecular weight excluding hydrogens is 416 g/mol. The molecule has 1 amide bonds. The quantitative estimate of drug-likeness (QED) is 0.536. The summed E-state index contributed by atoms with van der Waals surface area (Å²) in [5, 5.41) is 10.8. The molecule has 0 spiro atoms. The molecule has 0 aliphatic rings. The average Bonchev–Trinajstić information content (AvgIpc) is 2.77. The van der Waals surface area contributed by atoms with Crippen LogP contribution in [0.5, 0.6) is 5.75 Å². The topological polar surface area (TPSA) is 85.2 Å². The molecule has 8 heteroatoms. The zero-order valence-electron chi connectivity index (χ0n) is 17.7. The molecule has 0 aliphatic heterocycles. The summed E-state index contributed by atoms with van der Waals surface area (Å²) in [4.78, 5) is 25.7. The van der Waals surface area contributed by atoms with Crippen LogP contribution in [-0.4, -0.2) is 28.3 Å². The van der Waals surface area contributed by atoms with E-state index in [9.17, 15) is 9.59 Å². The number of benzene rings is 2. The van der Waals surface area contributed by atoms with E-state index in [0.717, 1.165) is 6.42 Å². The predicted molar refractivity (Wildman–Crippen MR) is 123 cm³/mol. The van der Waals surface area contributed by atoms with Crippen LogP contribution in [0.3, 0.4) is 0 Å². The number of halogens is 1. The van der Waals surface area contributed by atoms with Crippen molar-refractivity contribution in [2.24, 2.45) is 0 Å². The molecule has 2 aromatic carbocycles. The highest BCUT2D eigenvalue weighted by Crippen LogP contribution is 2.25. The number of aromatic nitrogens is 2. The summed E-state index contributed by atoms with van der Waals surface area (Å²) in [6.07, 6.45) is 2.32. The van der Waals surface area contributed by atoms with Crippen LogP contribution in [0.15, 0.2) is 59.5 Å². The van der Waals surface area contributed by atoms with Gasteiger partial charge in [0.25, 0.3) is 11.5 Å². The van der Waals surface area contributed by atoms with E-state index in [2.05, 4.69) is 15.7 Å². The minimum Gasteiger partial charge on any atom is -0.490 e. The van der Waals surface area contributed by atoms with Gasteiger partial charge in [0, 0.05) is 22.3 Å². The molecule has 0 aliphatic carbocycles. The number of nitrogens with one attached hydrogen (secondary N) is 2. The Morgan fingerprint density at radius 2 is 1.94 bits per heavy atom. The second kappa shape index (κ2) is 10.1. The normalized spacial score (nSPS) is 11.6. The number of amides is 1. The largest absolute Gasteiger partial charge is 0.490 e. The maximum atomic E-state index is 13.2. The van der Waals surface area contributed by atoms with Crippen LogP contribution in [-0.2, 0) is 0 Å². The van der Waals surface area contributed by atoms with Crippen molar-refractivity contribution in [3.8, 4) is 11.4 Å². The Morgan fingerprint density at radius 3 is 2.61 bits per heavy atom. The molecule has 3 rings (SSSR count). The number of hydrogen-bond acceptors (Lipinski definition) is 5. The summed E-state index contributed by atoms with van der Waals surface area (Å²) in [5.74, 6) is 0.156. The molecule has 162 valence electrons. The first-order chi connectivity index (χ1) is 14.9. The van der Waals surface area contributed by atoms with Crippen LogP contribution in [0.2, 0.25) is 5.02 Å². The molecule has 0 fully saturated rings. The van der Waals surface area contributed by atoms with Gasteiger partial charge in [0.15, 0.2) is 11.4 Å². The van der Waals surface area contributed by atoms with E-state index in [-0.39, 0.29) is 23.2 Å². The third-order valence-electron chi connectivity index (χ3n) is 4.70. The molecule has 0 radical (unpaired) electrons. The maximum Gasteiger partial charge on any atom is 0.299 e. The van der Waals surface area contributed by atoms with E-state index < -0.39 is 0 Å². The van der Waals surface area contributed by atoms with Crippen LogP contribution in [0.25, 0.3) is 5.69 Å². The van der Waals surface area contributed by atoms with E-state index in [4.69, 9.17) is 16.3 Å². The van der Waals surface area contributed by atoms with E-state index in [0.29, 0.717) is 34.3 Å². The molecule has 7 nitrogen and oxygen atoms in total. The van der Waals surface area contributed by atoms with Gasteiger partial charge < -0.3 is 15.4 Å². The van der Waals surface area contributed by atoms with Gasteiger partial charge in [0.2, 0.25) is 0 Å². The summed E-state index contributed by atoms with van der Waals surface area (Å²) in [6.45, 7) is 6.16. The fourth-order valence-corrected chi connectivity index (χ4v) is 3.00. The predicted octanol–water partition coefficient (Wildman–Crippen LogP) is 4.56. The lowest BCUT2D eigenvalue weighted by Crippen LogP contribution is -2.31. The first-order valence-corrected chi connectivity index (χ1v) is 10.5. The summed E-state index contributed by atoms with van der Waals surface area (Å²) in [7, 11) is 0. The van der Waals surface area contributed by atoms with Crippen molar-refractivity contribution >= 4 is 28.9 Å². The van der Waals surface area contributed by atoms with Crippen molar-refractivity contribution in [1.29, 1.82) is 0 Å². The SMILES string of the molecule is CCOc1cnn(-c2ccc(Cl)cc2)c(=O)c1Nc1cccc(C(=O)NC(C)CC)c1. The lowest BCUT2D eigenvalue weighted by Gasteiger charge is -2.15. The maximum absolute atomic E-state index is 13.2. The molecule has 1 heterocycles. The third-order valence-corrected chi connectivity index (χ3v) is 4.95. The van der Waals surface area contributed by atoms with Crippen molar-refractivity contribution in [1.82, 2.24) is 15.1 Å². The average molecular weight is 441 g/mol. The van der Waals surface area contributed by atoms with Gasteiger partial charge in [0.1, 0.15) is 0 Å². The minimum atomic E-state index is -0.386. The molecule has 31 heavy (non-hydrogen) atoms. The number of rotatable bonds is 8. The molecule has 0 bridgehead atoms. The van der Waals surface area contributed by atoms with Gasteiger partial charge in [-0.1, -0.05) is 24.6 Å². The fourth-order valence-electron chi connectivity index (χ4n) is 2.88. The monoisotopic (exact) mass is 440 g/mol. The lowest BCUT2D eigenvalue weighted by atomic mass is 10.1. The van der Waals surface area contributed by atoms with Gasteiger partial charge in [-0.05, 0) is 62.7 Å². The second-order valence-corrected chi connectivity index (χ2v) is 7.44. The Balaban J connectivity index is 1.97. The molecular formula is C23H25ClN4O3. The molecule has 1 atom stereocenters. The minimum absolute atomic E-state index is 0.0699. The number of anilines is 2. The van der Waals surface area contributed by atoms with Crippen molar-refractivity contribution in [3.63, 3.8) is 0 Å². The summed E-state index contributed by atoms with van der Waals surface area (Å²) in [6, 6.07) is 13.8.